The number of hydrogen-bond donors (Lipinski definition) is 4. The van der Waals surface area contributed by atoms with E-state index in [0.717, 1.165) is 4.57 Å². The van der Waals surface area contributed by atoms with Gasteiger partial charge >= 0.3 is 19.4 Å². The first-order valence-corrected chi connectivity index (χ1v) is 12.4. The zero-order chi connectivity index (χ0) is 25.8. The van der Waals surface area contributed by atoms with Crippen molar-refractivity contribution in [3.63, 3.8) is 0 Å². The minimum absolute atomic E-state index is 0.0217. The summed E-state index contributed by atoms with van der Waals surface area (Å²) in [7, 11) is -4.18. The standard InChI is InChI=1S/C21H30N5O8P/c1-12(2)32-20(28)13(3)25-35(30,34-14-7-5-4-6-8-14)31-11-15-18(27)17(23)19(33-15)26-10-9-16(22)24-21(26)29/h4-10,12-13,15,17-19,27H,11,23H2,1-3H3,(H,25,30)(H2,22,24,29)/t13-,15-,17-,18-,19-,35-/m1/s1. The molecule has 0 radical (unpaired) electrons. The molecule has 35 heavy (non-hydrogen) atoms. The molecule has 1 aromatic carbocycles. The van der Waals surface area contributed by atoms with Gasteiger partial charge in [-0.3, -0.25) is 13.9 Å². The van der Waals surface area contributed by atoms with E-state index in [1.54, 1.807) is 44.2 Å². The van der Waals surface area contributed by atoms with E-state index in [1.165, 1.54) is 19.2 Å². The number of esters is 1. The predicted octanol–water partition coefficient (Wildman–Crippen LogP) is 0.545. The van der Waals surface area contributed by atoms with Gasteiger partial charge in [-0.25, -0.2) is 9.36 Å². The molecular weight excluding hydrogens is 481 g/mol. The molecule has 1 aromatic heterocycles. The van der Waals surface area contributed by atoms with E-state index in [-0.39, 0.29) is 17.7 Å². The zero-order valence-electron chi connectivity index (χ0n) is 19.5. The first-order valence-electron chi connectivity index (χ1n) is 10.9. The van der Waals surface area contributed by atoms with Crippen molar-refractivity contribution in [2.45, 2.75) is 57.4 Å². The molecule has 1 fully saturated rings. The van der Waals surface area contributed by atoms with Crippen molar-refractivity contribution in [3.05, 3.63) is 53.1 Å². The van der Waals surface area contributed by atoms with Crippen molar-refractivity contribution >= 4 is 19.5 Å². The maximum absolute atomic E-state index is 13.6. The van der Waals surface area contributed by atoms with Crippen LogP contribution in [0.15, 0.2) is 47.4 Å². The smallest absolute Gasteiger partial charge is 0.459 e. The van der Waals surface area contributed by atoms with Gasteiger partial charge in [0.1, 0.15) is 29.8 Å². The highest BCUT2D eigenvalue weighted by Gasteiger charge is 2.44. The third-order valence-corrected chi connectivity index (χ3v) is 6.62. The predicted molar refractivity (Wildman–Crippen MR) is 125 cm³/mol. The van der Waals surface area contributed by atoms with Crippen molar-refractivity contribution in [3.8, 4) is 5.75 Å². The summed E-state index contributed by atoms with van der Waals surface area (Å²) < 4.78 is 36.6. The molecule has 0 bridgehead atoms. The van der Waals surface area contributed by atoms with Crippen LogP contribution >= 0.6 is 7.75 Å². The van der Waals surface area contributed by atoms with Gasteiger partial charge in [0, 0.05) is 6.20 Å². The number of carbonyl (C=O) groups excluding carboxylic acids is 1. The second kappa shape index (κ2) is 11.3. The maximum atomic E-state index is 13.6. The van der Waals surface area contributed by atoms with Gasteiger partial charge in [0.05, 0.1) is 18.8 Å². The molecule has 192 valence electrons. The van der Waals surface area contributed by atoms with Crippen LogP contribution in [0.1, 0.15) is 27.0 Å². The van der Waals surface area contributed by atoms with Crippen LogP contribution < -0.4 is 26.8 Å². The normalized spacial score (nSPS) is 24.6. The summed E-state index contributed by atoms with van der Waals surface area (Å²) in [5.41, 5.74) is 10.9. The molecule has 13 nitrogen and oxygen atoms in total. The Bertz CT molecular complexity index is 1110. The molecule has 3 rings (SSSR count). The van der Waals surface area contributed by atoms with Gasteiger partial charge in [0.2, 0.25) is 0 Å². The molecule has 14 heteroatoms. The van der Waals surface area contributed by atoms with Crippen LogP contribution in [0.5, 0.6) is 5.75 Å². The summed E-state index contributed by atoms with van der Waals surface area (Å²) >= 11 is 0. The molecular formula is C21H30N5O8P. The van der Waals surface area contributed by atoms with E-state index in [1.807, 2.05) is 0 Å². The number of aliphatic hydroxyl groups excluding tert-OH is 1. The highest BCUT2D eigenvalue weighted by atomic mass is 31.2. The average Bonchev–Trinajstić information content (AvgIpc) is 3.06. The van der Waals surface area contributed by atoms with Crippen LogP contribution in [0.2, 0.25) is 0 Å². The van der Waals surface area contributed by atoms with Crippen LogP contribution in [0.4, 0.5) is 5.82 Å². The highest BCUT2D eigenvalue weighted by molar-refractivity contribution is 7.52. The van der Waals surface area contributed by atoms with Gasteiger partial charge in [-0.2, -0.15) is 10.1 Å². The fourth-order valence-corrected chi connectivity index (χ4v) is 4.78. The fraction of sp³-hybridized carbons (Fsp3) is 0.476. The highest BCUT2D eigenvalue weighted by Crippen LogP contribution is 2.45. The molecule has 0 saturated carbocycles. The van der Waals surface area contributed by atoms with Crippen LogP contribution in [0.25, 0.3) is 0 Å². The van der Waals surface area contributed by atoms with E-state index < -0.39 is 56.5 Å². The molecule has 0 unspecified atom stereocenters. The number of aliphatic hydroxyl groups is 1. The Balaban J connectivity index is 1.75. The van der Waals surface area contributed by atoms with Crippen LogP contribution in [-0.2, 0) is 23.4 Å². The summed E-state index contributed by atoms with van der Waals surface area (Å²) in [6.45, 7) is 4.37. The second-order valence-corrected chi connectivity index (χ2v) is 9.90. The molecule has 6 atom stereocenters. The summed E-state index contributed by atoms with van der Waals surface area (Å²) in [6.07, 6.45) is -2.46. The number of aromatic nitrogens is 2. The lowest BCUT2D eigenvalue weighted by Gasteiger charge is -2.25. The monoisotopic (exact) mass is 511 g/mol. The van der Waals surface area contributed by atoms with Crippen molar-refractivity contribution in [1.82, 2.24) is 14.6 Å². The number of para-hydroxylation sites is 1. The largest absolute Gasteiger partial charge is 0.462 e. The molecule has 1 saturated heterocycles. The SMILES string of the molecule is CC(C)OC(=O)[C@@H](C)N[P@@](=O)(OC[C@H]1O[C@@H](n2ccc(N)nc2=O)[C@H](N)[C@@H]1O)Oc1ccccc1. The Morgan fingerprint density at radius 2 is 1.97 bits per heavy atom. The molecule has 0 aliphatic carbocycles. The van der Waals surface area contributed by atoms with E-state index in [4.69, 9.17) is 30.0 Å². The van der Waals surface area contributed by atoms with Gasteiger partial charge in [-0.1, -0.05) is 18.2 Å². The summed E-state index contributed by atoms with van der Waals surface area (Å²) in [6, 6.07) is 7.52. The molecule has 6 N–H and O–H groups in total. The number of ether oxygens (including phenoxy) is 2. The quantitative estimate of drug-likeness (QED) is 0.256. The Hall–Kier alpha value is -2.80. The van der Waals surface area contributed by atoms with Crippen LogP contribution in [-0.4, -0.2) is 57.6 Å². The number of carbonyl (C=O) groups is 1. The van der Waals surface area contributed by atoms with Gasteiger partial charge < -0.3 is 30.6 Å². The van der Waals surface area contributed by atoms with Crippen LogP contribution in [0, 0.1) is 0 Å². The number of nitrogens with one attached hydrogen (secondary N) is 1. The number of rotatable bonds is 10. The maximum Gasteiger partial charge on any atom is 0.459 e. The minimum Gasteiger partial charge on any atom is -0.462 e. The molecule has 2 heterocycles. The summed E-state index contributed by atoms with van der Waals surface area (Å²) in [5.74, 6) is -0.418. The molecule has 2 aromatic rings. The number of nitrogen functional groups attached to an aromatic ring is 1. The Morgan fingerprint density at radius 3 is 2.60 bits per heavy atom. The topological polar surface area (TPSA) is 190 Å². The number of hydrogen-bond acceptors (Lipinski definition) is 11. The minimum atomic E-state index is -4.18. The van der Waals surface area contributed by atoms with Crippen molar-refractivity contribution in [2.24, 2.45) is 5.73 Å². The zero-order valence-corrected chi connectivity index (χ0v) is 20.4. The fourth-order valence-electron chi connectivity index (χ4n) is 3.28. The molecule has 0 amide bonds. The lowest BCUT2D eigenvalue weighted by atomic mass is 10.1. The van der Waals surface area contributed by atoms with Gasteiger partial charge in [-0.05, 0) is 39.0 Å². The first-order chi connectivity index (χ1) is 16.5. The second-order valence-electron chi connectivity index (χ2n) is 8.21. The number of nitrogens with two attached hydrogens (primary N) is 2. The van der Waals surface area contributed by atoms with Crippen molar-refractivity contribution in [2.75, 3.05) is 12.3 Å². The number of benzene rings is 1. The third-order valence-electron chi connectivity index (χ3n) is 4.98. The van der Waals surface area contributed by atoms with Gasteiger partial charge in [-0.15, -0.1) is 0 Å². The Kier molecular flexibility index (Phi) is 8.65. The van der Waals surface area contributed by atoms with E-state index in [0.29, 0.717) is 0 Å². The lowest BCUT2D eigenvalue weighted by Crippen LogP contribution is -2.42. The molecule has 1 aliphatic heterocycles. The first kappa shape index (κ1) is 26.8. The van der Waals surface area contributed by atoms with Crippen molar-refractivity contribution < 1.29 is 33.0 Å². The Labute approximate surface area is 201 Å². The van der Waals surface area contributed by atoms with Crippen molar-refractivity contribution in [1.29, 1.82) is 0 Å². The summed E-state index contributed by atoms with van der Waals surface area (Å²) in [4.78, 5) is 28.0. The molecule has 0 spiro atoms. The van der Waals surface area contributed by atoms with Crippen LogP contribution in [0.3, 0.4) is 0 Å². The molecule has 1 aliphatic rings. The van der Waals surface area contributed by atoms with Gasteiger partial charge in [0.25, 0.3) is 0 Å². The average molecular weight is 511 g/mol. The summed E-state index contributed by atoms with van der Waals surface area (Å²) in [5, 5.41) is 13.1. The van der Waals surface area contributed by atoms with Gasteiger partial charge in [0.15, 0.2) is 6.23 Å². The number of anilines is 1. The number of nitrogens with zero attached hydrogens (tertiary/aromatic N) is 2. The Morgan fingerprint density at radius 1 is 1.29 bits per heavy atom. The lowest BCUT2D eigenvalue weighted by molar-refractivity contribution is -0.149. The third kappa shape index (κ3) is 6.88. The van der Waals surface area contributed by atoms with E-state index in [2.05, 4.69) is 10.1 Å². The van der Waals surface area contributed by atoms with E-state index >= 15 is 0 Å². The van der Waals surface area contributed by atoms with E-state index in [9.17, 15) is 19.3 Å².